The molecule has 2 saturated heterocycles. The van der Waals surface area contributed by atoms with E-state index in [0.717, 1.165) is 0 Å². The Morgan fingerprint density at radius 3 is 2.32 bits per heavy atom. The van der Waals surface area contributed by atoms with Gasteiger partial charge in [-0.15, -0.1) is 0 Å². The number of nitrogens with zero attached hydrogens (tertiary/aromatic N) is 3. The molecule has 1 aromatic rings. The number of carbonyl (C=O) groups is 3. The first kappa shape index (κ1) is 19.8. The maximum Gasteiger partial charge on any atom is 0.322 e. The fourth-order valence-electron chi connectivity index (χ4n) is 3.12. The molecule has 148 valence electrons. The van der Waals surface area contributed by atoms with Crippen LogP contribution in [0.25, 0.3) is 0 Å². The van der Waals surface area contributed by atoms with Crippen LogP contribution in [-0.2, 0) is 19.6 Å². The summed E-state index contributed by atoms with van der Waals surface area (Å²) in [6.07, 6.45) is 0.279. The Labute approximate surface area is 162 Å². The minimum absolute atomic E-state index is 0.0841. The first-order chi connectivity index (χ1) is 13.3. The van der Waals surface area contributed by atoms with Crippen LogP contribution < -0.4 is 10.6 Å². The van der Waals surface area contributed by atoms with E-state index >= 15 is 0 Å². The third-order valence-corrected chi connectivity index (χ3v) is 6.63. The smallest absolute Gasteiger partial charge is 0.322 e. The second-order valence-corrected chi connectivity index (χ2v) is 8.41. The van der Waals surface area contributed by atoms with Crippen molar-refractivity contribution < 1.29 is 22.8 Å². The molecular formula is C17H19N5O5S. The van der Waals surface area contributed by atoms with Crippen LogP contribution >= 0.6 is 0 Å². The standard InChI is InChI=1S/C17H19N5O5S/c18-11-12-1-3-13(4-2-12)28(26,27)22-9-7-21(8-10-22)15(23)6-5-14-16(24)20-17(25)19-14/h1-4,14H,5-10H2,(H2,19,20,24,25). The normalized spacial score (nSPS) is 20.4. The van der Waals surface area contributed by atoms with Crippen molar-refractivity contribution in [2.45, 2.75) is 23.8 Å². The van der Waals surface area contributed by atoms with Gasteiger partial charge < -0.3 is 10.2 Å². The molecule has 10 nitrogen and oxygen atoms in total. The van der Waals surface area contributed by atoms with Crippen LogP contribution in [0, 0.1) is 11.3 Å². The Morgan fingerprint density at radius 1 is 1.14 bits per heavy atom. The summed E-state index contributed by atoms with van der Waals surface area (Å²) in [7, 11) is -3.69. The number of rotatable bonds is 5. The Morgan fingerprint density at radius 2 is 1.79 bits per heavy atom. The van der Waals surface area contributed by atoms with E-state index in [2.05, 4.69) is 10.6 Å². The predicted molar refractivity (Wildman–Crippen MR) is 96.2 cm³/mol. The van der Waals surface area contributed by atoms with Crippen molar-refractivity contribution in [1.29, 1.82) is 5.26 Å². The van der Waals surface area contributed by atoms with E-state index in [0.29, 0.717) is 5.56 Å². The molecule has 2 fully saturated rings. The maximum absolute atomic E-state index is 12.7. The Kier molecular flexibility index (Phi) is 5.62. The van der Waals surface area contributed by atoms with Gasteiger partial charge >= 0.3 is 6.03 Å². The monoisotopic (exact) mass is 405 g/mol. The van der Waals surface area contributed by atoms with Gasteiger partial charge in [-0.1, -0.05) is 0 Å². The molecular weight excluding hydrogens is 386 g/mol. The molecule has 2 aliphatic heterocycles. The Hall–Kier alpha value is -2.97. The number of nitrogens with one attached hydrogen (secondary N) is 2. The summed E-state index contributed by atoms with van der Waals surface area (Å²) in [5.74, 6) is -0.638. The van der Waals surface area contributed by atoms with Crippen molar-refractivity contribution in [3.63, 3.8) is 0 Å². The number of benzene rings is 1. The van der Waals surface area contributed by atoms with Gasteiger partial charge in [0.15, 0.2) is 0 Å². The summed E-state index contributed by atoms with van der Waals surface area (Å²) in [5, 5.41) is 13.4. The van der Waals surface area contributed by atoms with Gasteiger partial charge in [0.05, 0.1) is 16.5 Å². The average Bonchev–Trinajstić information content (AvgIpc) is 3.03. The van der Waals surface area contributed by atoms with E-state index in [4.69, 9.17) is 5.26 Å². The second-order valence-electron chi connectivity index (χ2n) is 6.48. The molecule has 0 aromatic heterocycles. The molecule has 1 unspecified atom stereocenters. The topological polar surface area (TPSA) is 140 Å². The van der Waals surface area contributed by atoms with Gasteiger partial charge in [0, 0.05) is 32.6 Å². The molecule has 0 radical (unpaired) electrons. The second kappa shape index (κ2) is 7.95. The number of amides is 4. The van der Waals surface area contributed by atoms with Crippen LogP contribution in [0.5, 0.6) is 0 Å². The number of sulfonamides is 1. The summed E-state index contributed by atoms with van der Waals surface area (Å²) >= 11 is 0. The molecule has 3 rings (SSSR count). The summed E-state index contributed by atoms with van der Waals surface area (Å²) in [6.45, 7) is 0.818. The number of imide groups is 1. The van der Waals surface area contributed by atoms with E-state index < -0.39 is 28.0 Å². The van der Waals surface area contributed by atoms with Gasteiger partial charge in [-0.05, 0) is 30.7 Å². The van der Waals surface area contributed by atoms with Gasteiger partial charge in [-0.25, -0.2) is 13.2 Å². The lowest BCUT2D eigenvalue weighted by Gasteiger charge is -2.34. The van der Waals surface area contributed by atoms with Gasteiger partial charge in [-0.2, -0.15) is 9.57 Å². The molecule has 0 saturated carbocycles. The molecule has 2 heterocycles. The van der Waals surface area contributed by atoms with Crippen LogP contribution in [0.1, 0.15) is 18.4 Å². The number of hydrogen-bond acceptors (Lipinski definition) is 6. The van der Waals surface area contributed by atoms with Crippen molar-refractivity contribution in [1.82, 2.24) is 19.8 Å². The van der Waals surface area contributed by atoms with Crippen LogP contribution in [0.4, 0.5) is 4.79 Å². The van der Waals surface area contributed by atoms with Crippen LogP contribution in [0.2, 0.25) is 0 Å². The van der Waals surface area contributed by atoms with Crippen LogP contribution in [0.15, 0.2) is 29.2 Å². The van der Waals surface area contributed by atoms with Crippen LogP contribution in [0.3, 0.4) is 0 Å². The number of carbonyl (C=O) groups excluding carboxylic acids is 3. The molecule has 1 atom stereocenters. The van der Waals surface area contributed by atoms with Crippen molar-refractivity contribution in [3.05, 3.63) is 29.8 Å². The highest BCUT2D eigenvalue weighted by molar-refractivity contribution is 7.89. The zero-order valence-corrected chi connectivity index (χ0v) is 15.7. The van der Waals surface area contributed by atoms with Crippen molar-refractivity contribution >= 4 is 27.9 Å². The van der Waals surface area contributed by atoms with Crippen molar-refractivity contribution in [2.24, 2.45) is 0 Å². The highest BCUT2D eigenvalue weighted by Gasteiger charge is 2.32. The van der Waals surface area contributed by atoms with Crippen LogP contribution in [-0.4, -0.2) is 67.7 Å². The third kappa shape index (κ3) is 4.13. The van der Waals surface area contributed by atoms with Gasteiger partial charge in [-0.3, -0.25) is 14.9 Å². The third-order valence-electron chi connectivity index (χ3n) is 4.72. The number of hydrogen-bond donors (Lipinski definition) is 2. The summed E-state index contributed by atoms with van der Waals surface area (Å²) < 4.78 is 26.7. The zero-order chi connectivity index (χ0) is 20.3. The number of piperazine rings is 1. The molecule has 2 N–H and O–H groups in total. The Balaban J connectivity index is 1.53. The highest BCUT2D eigenvalue weighted by Crippen LogP contribution is 2.19. The lowest BCUT2D eigenvalue weighted by molar-refractivity contribution is -0.132. The molecule has 28 heavy (non-hydrogen) atoms. The van der Waals surface area contributed by atoms with Gasteiger partial charge in [0.25, 0.3) is 5.91 Å². The van der Waals surface area contributed by atoms with E-state index in [9.17, 15) is 22.8 Å². The zero-order valence-electron chi connectivity index (χ0n) is 14.9. The van der Waals surface area contributed by atoms with E-state index in [-0.39, 0.29) is 49.8 Å². The SMILES string of the molecule is N#Cc1ccc(S(=O)(=O)N2CCN(C(=O)CCC3NC(=O)NC3=O)CC2)cc1. The Bertz CT molecular complexity index is 930. The van der Waals surface area contributed by atoms with Crippen molar-refractivity contribution in [2.75, 3.05) is 26.2 Å². The molecule has 0 spiro atoms. The molecule has 2 aliphatic rings. The lowest BCUT2D eigenvalue weighted by atomic mass is 10.1. The van der Waals surface area contributed by atoms with Crippen molar-refractivity contribution in [3.8, 4) is 6.07 Å². The first-order valence-electron chi connectivity index (χ1n) is 8.71. The summed E-state index contributed by atoms with van der Waals surface area (Å²) in [4.78, 5) is 36.6. The van der Waals surface area contributed by atoms with E-state index in [1.165, 1.54) is 28.6 Å². The molecule has 4 amide bonds. The highest BCUT2D eigenvalue weighted by atomic mass is 32.2. The van der Waals surface area contributed by atoms with E-state index in [1.54, 1.807) is 4.90 Å². The number of nitriles is 1. The maximum atomic E-state index is 12.7. The lowest BCUT2D eigenvalue weighted by Crippen LogP contribution is -2.50. The minimum Gasteiger partial charge on any atom is -0.340 e. The minimum atomic E-state index is -3.69. The molecule has 11 heteroatoms. The molecule has 0 aliphatic carbocycles. The van der Waals surface area contributed by atoms with Gasteiger partial charge in [0.1, 0.15) is 6.04 Å². The largest absolute Gasteiger partial charge is 0.340 e. The summed E-state index contributed by atoms with van der Waals surface area (Å²) in [6, 6.07) is 6.35. The molecule has 0 bridgehead atoms. The fourth-order valence-corrected chi connectivity index (χ4v) is 4.54. The fraction of sp³-hybridized carbons (Fsp3) is 0.412. The summed E-state index contributed by atoms with van der Waals surface area (Å²) in [5.41, 5.74) is 0.376. The molecule has 1 aromatic carbocycles. The first-order valence-corrected chi connectivity index (χ1v) is 10.1. The number of urea groups is 1. The quantitative estimate of drug-likeness (QED) is 0.626. The van der Waals surface area contributed by atoms with Gasteiger partial charge in [0.2, 0.25) is 15.9 Å². The predicted octanol–water partition coefficient (Wildman–Crippen LogP) is -0.621. The average molecular weight is 405 g/mol. The van der Waals surface area contributed by atoms with E-state index in [1.807, 2.05) is 6.07 Å².